The smallest absolute Gasteiger partial charge is 0.172 e. The zero-order valence-corrected chi connectivity index (χ0v) is 13.5. The molecular weight excluding hydrogens is 364 g/mol. The topological polar surface area (TPSA) is 89.3 Å². The van der Waals surface area contributed by atoms with Crippen LogP contribution in [0.2, 0.25) is 0 Å². The normalized spacial score (nSPS) is 29.8. The Morgan fingerprint density at radius 2 is 2.17 bits per heavy atom. The highest BCUT2D eigenvalue weighted by Crippen LogP contribution is 2.37. The summed E-state index contributed by atoms with van der Waals surface area (Å²) in [4.78, 5) is 12.4. The quantitative estimate of drug-likeness (QED) is 0.650. The van der Waals surface area contributed by atoms with Crippen LogP contribution >= 0.6 is 31.9 Å². The molecule has 0 bridgehead atoms. The Morgan fingerprint density at radius 3 is 2.67 bits per heavy atom. The first-order valence-electron chi connectivity index (χ1n) is 5.71. The average molecular weight is 382 g/mol. The summed E-state index contributed by atoms with van der Waals surface area (Å²) in [6.45, 7) is 4.00. The van der Waals surface area contributed by atoms with Crippen LogP contribution < -0.4 is 11.5 Å². The fourth-order valence-electron chi connectivity index (χ4n) is 1.90. The number of aliphatic hydroxyl groups is 1. The van der Waals surface area contributed by atoms with Gasteiger partial charge in [0.25, 0.3) is 0 Å². The van der Waals surface area contributed by atoms with Crippen LogP contribution in [0.3, 0.4) is 0 Å². The summed E-state index contributed by atoms with van der Waals surface area (Å²) < 4.78 is -0.594. The van der Waals surface area contributed by atoms with Gasteiger partial charge < -0.3 is 16.6 Å². The highest BCUT2D eigenvalue weighted by molar-refractivity contribution is 9.12. The van der Waals surface area contributed by atoms with Gasteiger partial charge in [-0.3, -0.25) is 4.79 Å². The number of ketones is 1. The van der Waals surface area contributed by atoms with Crippen molar-refractivity contribution < 1.29 is 9.90 Å². The Bertz CT molecular complexity index is 407. The van der Waals surface area contributed by atoms with Gasteiger partial charge in [-0.2, -0.15) is 0 Å². The SMILES string of the molecule is CC(C)C[C@H](N)C(=O)C1(Br)C=C(O)C=C(Br)C1N. The lowest BCUT2D eigenvalue weighted by molar-refractivity contribution is -0.122. The van der Waals surface area contributed by atoms with Crippen LogP contribution in [-0.4, -0.2) is 27.3 Å². The number of allylic oxidation sites excluding steroid dienone is 1. The lowest BCUT2D eigenvalue weighted by Crippen LogP contribution is -2.55. The molecule has 0 fully saturated rings. The molecule has 5 N–H and O–H groups in total. The first kappa shape index (κ1) is 15.9. The molecule has 0 aromatic heterocycles. The molecule has 0 aromatic rings. The van der Waals surface area contributed by atoms with Gasteiger partial charge in [0.2, 0.25) is 0 Å². The Hall–Kier alpha value is -0.170. The van der Waals surface area contributed by atoms with Gasteiger partial charge in [-0.15, -0.1) is 0 Å². The monoisotopic (exact) mass is 380 g/mol. The van der Waals surface area contributed by atoms with Gasteiger partial charge in [-0.05, 0) is 24.5 Å². The van der Waals surface area contributed by atoms with Crippen molar-refractivity contribution in [1.82, 2.24) is 0 Å². The number of hydrogen-bond acceptors (Lipinski definition) is 4. The van der Waals surface area contributed by atoms with Crippen molar-refractivity contribution in [1.29, 1.82) is 0 Å². The predicted octanol–water partition coefficient (Wildman–Crippen LogP) is 2.12. The summed E-state index contributed by atoms with van der Waals surface area (Å²) in [6, 6.07) is -1.21. The van der Waals surface area contributed by atoms with Crippen LogP contribution in [0.25, 0.3) is 0 Å². The van der Waals surface area contributed by atoms with Crippen molar-refractivity contribution in [2.45, 2.75) is 36.7 Å². The fourth-order valence-corrected chi connectivity index (χ4v) is 3.58. The number of Topliss-reactive ketones (excluding diaryl/α,β-unsaturated/α-hetero) is 1. The molecule has 6 heteroatoms. The van der Waals surface area contributed by atoms with E-state index in [1.54, 1.807) is 0 Å². The molecule has 0 aromatic carbocycles. The Labute approximate surface area is 124 Å². The van der Waals surface area contributed by atoms with Crippen molar-refractivity contribution in [3.63, 3.8) is 0 Å². The van der Waals surface area contributed by atoms with Crippen LogP contribution in [0.1, 0.15) is 20.3 Å². The molecule has 0 heterocycles. The fraction of sp³-hybridized carbons (Fsp3) is 0.583. The number of nitrogens with two attached hydrogens (primary N) is 2. The molecule has 1 rings (SSSR count). The van der Waals surface area contributed by atoms with Gasteiger partial charge in [-0.25, -0.2) is 0 Å². The lowest BCUT2D eigenvalue weighted by atomic mass is 9.85. The molecule has 1 aliphatic rings. The number of halogens is 2. The molecule has 0 amide bonds. The van der Waals surface area contributed by atoms with Gasteiger partial charge in [0.1, 0.15) is 10.1 Å². The van der Waals surface area contributed by atoms with E-state index in [2.05, 4.69) is 31.9 Å². The van der Waals surface area contributed by atoms with E-state index < -0.39 is 16.4 Å². The minimum atomic E-state index is -1.15. The van der Waals surface area contributed by atoms with Crippen LogP contribution in [0.15, 0.2) is 22.4 Å². The number of hydrogen-bond donors (Lipinski definition) is 3. The molecule has 2 unspecified atom stereocenters. The summed E-state index contributed by atoms with van der Waals surface area (Å²) in [5.41, 5.74) is 11.9. The average Bonchev–Trinajstić information content (AvgIpc) is 2.23. The third kappa shape index (κ3) is 3.23. The van der Waals surface area contributed by atoms with Crippen molar-refractivity contribution in [3.8, 4) is 0 Å². The van der Waals surface area contributed by atoms with E-state index in [0.29, 0.717) is 16.8 Å². The molecule has 0 saturated heterocycles. The number of carbonyl (C=O) groups excluding carboxylic acids is 1. The second-order valence-electron chi connectivity index (χ2n) is 4.94. The van der Waals surface area contributed by atoms with Crippen molar-refractivity contribution in [2.24, 2.45) is 17.4 Å². The van der Waals surface area contributed by atoms with Gasteiger partial charge >= 0.3 is 0 Å². The highest BCUT2D eigenvalue weighted by atomic mass is 79.9. The van der Waals surface area contributed by atoms with Crippen LogP contribution in [0.4, 0.5) is 0 Å². The molecular formula is C12H18Br2N2O2. The van der Waals surface area contributed by atoms with Gasteiger partial charge in [0.05, 0.1) is 12.1 Å². The molecule has 0 saturated carbocycles. The number of alkyl halides is 1. The second kappa shape index (κ2) is 5.86. The molecule has 3 atom stereocenters. The van der Waals surface area contributed by atoms with E-state index >= 15 is 0 Å². The minimum Gasteiger partial charge on any atom is -0.508 e. The van der Waals surface area contributed by atoms with Gasteiger partial charge in [0, 0.05) is 4.48 Å². The maximum Gasteiger partial charge on any atom is 0.172 e. The molecule has 0 spiro atoms. The van der Waals surface area contributed by atoms with E-state index in [0.717, 1.165) is 0 Å². The molecule has 4 nitrogen and oxygen atoms in total. The Morgan fingerprint density at radius 1 is 1.61 bits per heavy atom. The van der Waals surface area contributed by atoms with E-state index in [1.165, 1.54) is 12.2 Å². The highest BCUT2D eigenvalue weighted by Gasteiger charge is 2.45. The van der Waals surface area contributed by atoms with Gasteiger partial charge in [0.15, 0.2) is 5.78 Å². The zero-order chi connectivity index (χ0) is 14.1. The summed E-state index contributed by atoms with van der Waals surface area (Å²) in [7, 11) is 0. The number of carbonyl (C=O) groups is 1. The van der Waals surface area contributed by atoms with Crippen LogP contribution in [-0.2, 0) is 4.79 Å². The van der Waals surface area contributed by atoms with E-state index in [4.69, 9.17) is 11.5 Å². The molecule has 1 aliphatic carbocycles. The number of aliphatic hydroxyl groups excluding tert-OH is 1. The summed E-state index contributed by atoms with van der Waals surface area (Å²) >= 11 is 6.59. The van der Waals surface area contributed by atoms with Crippen molar-refractivity contribution in [2.75, 3.05) is 0 Å². The van der Waals surface area contributed by atoms with Crippen LogP contribution in [0.5, 0.6) is 0 Å². The van der Waals surface area contributed by atoms with Crippen molar-refractivity contribution in [3.05, 3.63) is 22.4 Å². The zero-order valence-electron chi connectivity index (χ0n) is 10.4. The third-order valence-electron chi connectivity index (χ3n) is 2.83. The van der Waals surface area contributed by atoms with Crippen molar-refractivity contribution >= 4 is 37.6 Å². The standard InChI is InChI=1S/C12H18Br2N2O2/c1-6(2)3-9(15)11(18)12(14)5-7(17)4-8(13)10(12)16/h4-6,9-10,17H,3,15-16H2,1-2H3/t9-,10?,12?/m0/s1. The first-order chi connectivity index (χ1) is 8.18. The summed E-state index contributed by atoms with van der Waals surface area (Å²) in [5.74, 6) is 0.0854. The van der Waals surface area contributed by atoms with Gasteiger partial charge in [-0.1, -0.05) is 45.7 Å². The summed E-state index contributed by atoms with van der Waals surface area (Å²) in [5, 5.41) is 9.62. The second-order valence-corrected chi connectivity index (χ2v) is 7.17. The Kier molecular flexibility index (Phi) is 5.17. The largest absolute Gasteiger partial charge is 0.508 e. The molecule has 0 aliphatic heterocycles. The van der Waals surface area contributed by atoms with Crippen LogP contribution in [0, 0.1) is 5.92 Å². The molecule has 0 radical (unpaired) electrons. The lowest BCUT2D eigenvalue weighted by Gasteiger charge is -2.34. The summed E-state index contributed by atoms with van der Waals surface area (Å²) in [6.07, 6.45) is 3.46. The third-order valence-corrected chi connectivity index (χ3v) is 4.67. The van der Waals surface area contributed by atoms with E-state index in [-0.39, 0.29) is 11.5 Å². The van der Waals surface area contributed by atoms with E-state index in [9.17, 15) is 9.90 Å². The first-order valence-corrected chi connectivity index (χ1v) is 7.30. The molecule has 18 heavy (non-hydrogen) atoms. The maximum atomic E-state index is 12.4. The van der Waals surface area contributed by atoms with E-state index in [1.807, 2.05) is 13.8 Å². The Balaban J connectivity index is 3.00. The molecule has 102 valence electrons. The minimum absolute atomic E-state index is 0.00875. The number of rotatable bonds is 4. The maximum absolute atomic E-state index is 12.4. The predicted molar refractivity (Wildman–Crippen MR) is 79.8 cm³/mol.